The maximum Gasteiger partial charge on any atom is 0.192 e. The zero-order valence-electron chi connectivity index (χ0n) is 12.1. The van der Waals surface area contributed by atoms with Crippen molar-refractivity contribution in [2.24, 2.45) is 0 Å². The van der Waals surface area contributed by atoms with E-state index in [0.717, 1.165) is 12.7 Å². The summed E-state index contributed by atoms with van der Waals surface area (Å²) in [4.78, 5) is 10.7. The first-order valence-electron chi connectivity index (χ1n) is 6.31. The van der Waals surface area contributed by atoms with E-state index in [1.165, 1.54) is 0 Å². The van der Waals surface area contributed by atoms with Crippen molar-refractivity contribution in [3.63, 3.8) is 0 Å². The molecule has 1 atom stereocenters. The molecule has 0 aliphatic heterocycles. The number of aldehydes is 1. The van der Waals surface area contributed by atoms with Crippen LogP contribution in [0.1, 0.15) is 47.0 Å². The summed E-state index contributed by atoms with van der Waals surface area (Å²) in [6, 6.07) is 0. The fourth-order valence-electron chi connectivity index (χ4n) is 1.18. The van der Waals surface area contributed by atoms with Gasteiger partial charge in [0, 0.05) is 19.3 Å². The quantitative estimate of drug-likeness (QED) is 0.424. The average molecular weight is 254 g/mol. The zero-order chi connectivity index (χ0) is 13.5. The van der Waals surface area contributed by atoms with Crippen LogP contribution in [0, 0.1) is 11.8 Å². The summed E-state index contributed by atoms with van der Waals surface area (Å²) < 4.78 is 6.19. The van der Waals surface area contributed by atoms with Gasteiger partial charge < -0.3 is 9.22 Å². The molecule has 0 spiro atoms. The van der Waals surface area contributed by atoms with Gasteiger partial charge in [0.2, 0.25) is 0 Å². The van der Waals surface area contributed by atoms with Gasteiger partial charge in [-0.3, -0.25) is 0 Å². The number of hydrogen-bond acceptors (Lipinski definition) is 2. The summed E-state index contributed by atoms with van der Waals surface area (Å²) in [5.41, 5.74) is 0. The summed E-state index contributed by atoms with van der Waals surface area (Å²) >= 11 is 0. The number of rotatable bonds is 5. The minimum absolute atomic E-state index is 0.0348. The molecule has 0 bridgehead atoms. The molecule has 0 saturated heterocycles. The van der Waals surface area contributed by atoms with Crippen LogP contribution in [-0.2, 0) is 9.22 Å². The van der Waals surface area contributed by atoms with Gasteiger partial charge in [0.05, 0.1) is 6.10 Å². The molecule has 0 N–H and O–H groups in total. The second-order valence-corrected chi connectivity index (χ2v) is 10.6. The Hall–Kier alpha value is -0.593. The van der Waals surface area contributed by atoms with Crippen LogP contribution in [0.25, 0.3) is 0 Å². The Labute approximate surface area is 107 Å². The summed E-state index contributed by atoms with van der Waals surface area (Å²) in [6.45, 7) is 13.0. The van der Waals surface area contributed by atoms with Crippen molar-refractivity contribution < 1.29 is 9.22 Å². The van der Waals surface area contributed by atoms with Gasteiger partial charge >= 0.3 is 0 Å². The fraction of sp³-hybridized carbons (Fsp3) is 0.786. The van der Waals surface area contributed by atoms with Crippen molar-refractivity contribution in [2.45, 2.75) is 71.2 Å². The summed E-state index contributed by atoms with van der Waals surface area (Å²) in [6.07, 6.45) is 2.87. The molecule has 17 heavy (non-hydrogen) atoms. The Morgan fingerprint density at radius 1 is 1.29 bits per heavy atom. The SMILES string of the molecule is CCC#CC[C@H](CC=O)O[Si](C)(C)C(C)(C)C. The maximum absolute atomic E-state index is 10.7. The Balaban J connectivity index is 4.58. The largest absolute Gasteiger partial charge is 0.413 e. The molecule has 0 aromatic carbocycles. The lowest BCUT2D eigenvalue weighted by Crippen LogP contribution is -2.44. The predicted octanol–water partition coefficient (Wildman–Crippen LogP) is 3.77. The van der Waals surface area contributed by atoms with E-state index >= 15 is 0 Å². The van der Waals surface area contributed by atoms with E-state index in [0.29, 0.717) is 12.8 Å². The van der Waals surface area contributed by atoms with Gasteiger partial charge in [0.1, 0.15) is 6.29 Å². The fourth-order valence-corrected chi connectivity index (χ4v) is 2.55. The van der Waals surface area contributed by atoms with Crippen molar-refractivity contribution in [1.29, 1.82) is 0 Å². The lowest BCUT2D eigenvalue weighted by atomic mass is 10.2. The highest BCUT2D eigenvalue weighted by molar-refractivity contribution is 6.74. The van der Waals surface area contributed by atoms with E-state index in [-0.39, 0.29) is 11.1 Å². The number of hydrogen-bond donors (Lipinski definition) is 0. The smallest absolute Gasteiger partial charge is 0.192 e. The molecule has 0 heterocycles. The second kappa shape index (κ2) is 6.98. The van der Waals surface area contributed by atoms with Crippen LogP contribution in [0.15, 0.2) is 0 Å². The van der Waals surface area contributed by atoms with Crippen molar-refractivity contribution in [3.8, 4) is 11.8 Å². The lowest BCUT2D eigenvalue weighted by Gasteiger charge is -2.38. The van der Waals surface area contributed by atoms with E-state index in [9.17, 15) is 4.79 Å². The van der Waals surface area contributed by atoms with Gasteiger partial charge in [-0.15, -0.1) is 11.8 Å². The third-order valence-corrected chi connectivity index (χ3v) is 7.79. The van der Waals surface area contributed by atoms with Crippen LogP contribution >= 0.6 is 0 Å². The Bertz CT molecular complexity index is 292. The molecule has 2 nitrogen and oxygen atoms in total. The maximum atomic E-state index is 10.7. The molecular formula is C14H26O2Si. The molecule has 0 unspecified atom stereocenters. The van der Waals surface area contributed by atoms with Crippen molar-refractivity contribution in [1.82, 2.24) is 0 Å². The molecule has 0 rings (SSSR count). The molecule has 0 aliphatic carbocycles. The van der Waals surface area contributed by atoms with Gasteiger partial charge in [-0.1, -0.05) is 27.7 Å². The molecule has 0 aromatic rings. The van der Waals surface area contributed by atoms with E-state index in [1.54, 1.807) is 0 Å². The van der Waals surface area contributed by atoms with Gasteiger partial charge in [-0.05, 0) is 18.1 Å². The highest BCUT2D eigenvalue weighted by Crippen LogP contribution is 2.37. The Kier molecular flexibility index (Phi) is 6.73. The van der Waals surface area contributed by atoms with E-state index in [2.05, 4.69) is 45.7 Å². The van der Waals surface area contributed by atoms with Gasteiger partial charge in [-0.25, -0.2) is 0 Å². The van der Waals surface area contributed by atoms with E-state index in [4.69, 9.17) is 4.43 Å². The first-order chi connectivity index (χ1) is 7.74. The summed E-state index contributed by atoms with van der Waals surface area (Å²) in [5.74, 6) is 6.11. The van der Waals surface area contributed by atoms with Crippen LogP contribution < -0.4 is 0 Å². The average Bonchev–Trinajstić information content (AvgIpc) is 2.16. The summed E-state index contributed by atoms with van der Waals surface area (Å²) in [5, 5.41) is 0.173. The molecule has 0 aromatic heterocycles. The third-order valence-electron chi connectivity index (χ3n) is 3.26. The van der Waals surface area contributed by atoms with Crippen LogP contribution in [0.3, 0.4) is 0 Å². The first-order valence-corrected chi connectivity index (χ1v) is 9.22. The lowest BCUT2D eigenvalue weighted by molar-refractivity contribution is -0.109. The van der Waals surface area contributed by atoms with Crippen LogP contribution in [0.4, 0.5) is 0 Å². The van der Waals surface area contributed by atoms with E-state index in [1.807, 2.05) is 6.92 Å². The normalized spacial score (nSPS) is 13.8. The van der Waals surface area contributed by atoms with Crippen molar-refractivity contribution in [2.75, 3.05) is 0 Å². The van der Waals surface area contributed by atoms with Gasteiger partial charge in [-0.2, -0.15) is 0 Å². The summed E-state index contributed by atoms with van der Waals surface area (Å²) in [7, 11) is -1.79. The minimum atomic E-state index is -1.79. The van der Waals surface area contributed by atoms with Crippen LogP contribution in [0.2, 0.25) is 18.1 Å². The third kappa shape index (κ3) is 6.04. The standard InChI is InChI=1S/C14H26O2Si/c1-7-8-9-10-13(11-12-15)16-17(5,6)14(2,3)4/h12-13H,7,10-11H2,1-6H3/t13-/m1/s1. The van der Waals surface area contributed by atoms with Gasteiger partial charge in [0.15, 0.2) is 8.32 Å². The number of carbonyl (C=O) groups excluding carboxylic acids is 1. The molecule has 0 fully saturated rings. The molecule has 98 valence electrons. The number of carbonyl (C=O) groups is 1. The highest BCUT2D eigenvalue weighted by atomic mass is 28.4. The molecule has 0 aliphatic rings. The molecular weight excluding hydrogens is 228 g/mol. The second-order valence-electron chi connectivity index (χ2n) is 5.81. The molecule has 0 radical (unpaired) electrons. The Morgan fingerprint density at radius 3 is 2.29 bits per heavy atom. The molecule has 0 saturated carbocycles. The van der Waals surface area contributed by atoms with Crippen LogP contribution in [0.5, 0.6) is 0 Å². The first kappa shape index (κ1) is 16.4. The van der Waals surface area contributed by atoms with Gasteiger partial charge in [0.25, 0.3) is 0 Å². The predicted molar refractivity (Wildman–Crippen MR) is 75.4 cm³/mol. The Morgan fingerprint density at radius 2 is 1.88 bits per heavy atom. The van der Waals surface area contributed by atoms with Crippen LogP contribution in [-0.4, -0.2) is 20.7 Å². The topological polar surface area (TPSA) is 26.3 Å². The molecule has 0 amide bonds. The monoisotopic (exact) mass is 254 g/mol. The van der Waals surface area contributed by atoms with E-state index < -0.39 is 8.32 Å². The molecule has 3 heteroatoms. The zero-order valence-corrected chi connectivity index (χ0v) is 13.1. The van der Waals surface area contributed by atoms with Crippen molar-refractivity contribution in [3.05, 3.63) is 0 Å². The minimum Gasteiger partial charge on any atom is -0.413 e. The highest BCUT2D eigenvalue weighted by Gasteiger charge is 2.38. The van der Waals surface area contributed by atoms with Crippen molar-refractivity contribution >= 4 is 14.6 Å².